The standard InChI is InChI=1S/C11H17F2N3O/c1-16-6-9(11(12,13)7-14)10(15-16)8-2-4-17-5-3-8/h6,8H,2-5,7,14H2,1H3. The average Bonchev–Trinajstić information content (AvgIpc) is 2.73. The van der Waals surface area contributed by atoms with E-state index in [4.69, 9.17) is 10.5 Å². The maximum Gasteiger partial charge on any atom is 0.288 e. The van der Waals surface area contributed by atoms with Crippen LogP contribution in [0.15, 0.2) is 6.20 Å². The summed E-state index contributed by atoms with van der Waals surface area (Å²) in [7, 11) is 1.65. The number of nitrogens with zero attached hydrogens (tertiary/aromatic N) is 2. The molecule has 0 amide bonds. The molecule has 2 heterocycles. The lowest BCUT2D eigenvalue weighted by atomic mass is 9.92. The van der Waals surface area contributed by atoms with Gasteiger partial charge in [-0.2, -0.15) is 13.9 Å². The molecule has 1 saturated heterocycles. The van der Waals surface area contributed by atoms with E-state index in [-0.39, 0.29) is 11.5 Å². The molecule has 17 heavy (non-hydrogen) atoms. The Morgan fingerprint density at radius 1 is 1.53 bits per heavy atom. The van der Waals surface area contributed by atoms with Crippen LogP contribution in [0, 0.1) is 0 Å². The predicted molar refractivity (Wildman–Crippen MR) is 59.0 cm³/mol. The zero-order chi connectivity index (χ0) is 12.5. The zero-order valence-electron chi connectivity index (χ0n) is 9.83. The molecule has 1 aliphatic rings. The second-order valence-corrected chi connectivity index (χ2v) is 4.40. The van der Waals surface area contributed by atoms with Gasteiger partial charge in [-0.05, 0) is 12.8 Å². The van der Waals surface area contributed by atoms with Crippen LogP contribution in [0.25, 0.3) is 0 Å². The monoisotopic (exact) mass is 245 g/mol. The Morgan fingerprint density at radius 3 is 2.76 bits per heavy atom. The maximum atomic E-state index is 13.7. The van der Waals surface area contributed by atoms with Crippen molar-refractivity contribution < 1.29 is 13.5 Å². The molecule has 6 heteroatoms. The molecule has 0 radical (unpaired) electrons. The Labute approximate surface area is 98.7 Å². The summed E-state index contributed by atoms with van der Waals surface area (Å²) in [5, 5.41) is 4.17. The fourth-order valence-electron chi connectivity index (χ4n) is 2.17. The molecule has 1 fully saturated rings. The first kappa shape index (κ1) is 12.4. The summed E-state index contributed by atoms with van der Waals surface area (Å²) in [6.07, 6.45) is 2.85. The van der Waals surface area contributed by atoms with E-state index >= 15 is 0 Å². The Bertz CT molecular complexity index is 386. The van der Waals surface area contributed by atoms with Gasteiger partial charge < -0.3 is 10.5 Å². The lowest BCUT2D eigenvalue weighted by Crippen LogP contribution is -2.27. The first-order chi connectivity index (χ1) is 8.04. The van der Waals surface area contributed by atoms with Crippen molar-refractivity contribution in [1.82, 2.24) is 9.78 Å². The van der Waals surface area contributed by atoms with E-state index in [1.54, 1.807) is 7.05 Å². The van der Waals surface area contributed by atoms with Gasteiger partial charge in [-0.25, -0.2) is 0 Å². The van der Waals surface area contributed by atoms with E-state index in [9.17, 15) is 8.78 Å². The number of ether oxygens (including phenoxy) is 1. The number of halogens is 2. The van der Waals surface area contributed by atoms with Crippen molar-refractivity contribution in [3.8, 4) is 0 Å². The van der Waals surface area contributed by atoms with Crippen molar-refractivity contribution in [3.05, 3.63) is 17.5 Å². The van der Waals surface area contributed by atoms with Gasteiger partial charge in [0.25, 0.3) is 5.92 Å². The molecule has 0 atom stereocenters. The molecule has 0 bridgehead atoms. The van der Waals surface area contributed by atoms with Gasteiger partial charge >= 0.3 is 0 Å². The van der Waals surface area contributed by atoms with Crippen LogP contribution in [0.5, 0.6) is 0 Å². The van der Waals surface area contributed by atoms with E-state index in [1.165, 1.54) is 10.9 Å². The van der Waals surface area contributed by atoms with Crippen LogP contribution in [-0.4, -0.2) is 29.5 Å². The highest BCUT2D eigenvalue weighted by Gasteiger charge is 2.37. The Morgan fingerprint density at radius 2 is 2.18 bits per heavy atom. The second kappa shape index (κ2) is 4.70. The molecular weight excluding hydrogens is 228 g/mol. The van der Waals surface area contributed by atoms with Crippen LogP contribution >= 0.6 is 0 Å². The van der Waals surface area contributed by atoms with E-state index in [1.807, 2.05) is 0 Å². The molecule has 0 spiro atoms. The number of hydrogen-bond donors (Lipinski definition) is 1. The molecule has 2 N–H and O–H groups in total. The molecule has 96 valence electrons. The Kier molecular flexibility index (Phi) is 3.44. The van der Waals surface area contributed by atoms with Crippen molar-refractivity contribution in [1.29, 1.82) is 0 Å². The number of alkyl halides is 2. The molecular formula is C11H17F2N3O. The van der Waals surface area contributed by atoms with Crippen LogP contribution < -0.4 is 5.73 Å². The number of aryl methyl sites for hydroxylation is 1. The summed E-state index contributed by atoms with van der Waals surface area (Å²) < 4.78 is 34.1. The largest absolute Gasteiger partial charge is 0.381 e. The first-order valence-corrected chi connectivity index (χ1v) is 5.74. The van der Waals surface area contributed by atoms with Crippen molar-refractivity contribution in [2.75, 3.05) is 19.8 Å². The van der Waals surface area contributed by atoms with Crippen LogP contribution in [0.4, 0.5) is 8.78 Å². The summed E-state index contributed by atoms with van der Waals surface area (Å²) in [5.41, 5.74) is 5.58. The summed E-state index contributed by atoms with van der Waals surface area (Å²) in [4.78, 5) is 0. The molecule has 2 rings (SSSR count). The quantitative estimate of drug-likeness (QED) is 0.875. The number of aromatic nitrogens is 2. The molecule has 0 aromatic carbocycles. The lowest BCUT2D eigenvalue weighted by molar-refractivity contribution is 0.00357. The van der Waals surface area contributed by atoms with E-state index in [2.05, 4.69) is 5.10 Å². The van der Waals surface area contributed by atoms with E-state index in [0.29, 0.717) is 18.9 Å². The average molecular weight is 245 g/mol. The normalized spacial score (nSPS) is 18.6. The van der Waals surface area contributed by atoms with Crippen molar-refractivity contribution >= 4 is 0 Å². The number of nitrogens with two attached hydrogens (primary N) is 1. The number of hydrogen-bond acceptors (Lipinski definition) is 3. The summed E-state index contributed by atoms with van der Waals surface area (Å²) in [6, 6.07) is 0. The Hall–Kier alpha value is -1.01. The van der Waals surface area contributed by atoms with Crippen molar-refractivity contribution in [3.63, 3.8) is 0 Å². The van der Waals surface area contributed by atoms with Crippen molar-refractivity contribution in [2.45, 2.75) is 24.7 Å². The topological polar surface area (TPSA) is 53.1 Å². The summed E-state index contributed by atoms with van der Waals surface area (Å²) >= 11 is 0. The second-order valence-electron chi connectivity index (χ2n) is 4.40. The third-order valence-electron chi connectivity index (χ3n) is 3.12. The molecule has 1 aromatic heterocycles. The van der Waals surface area contributed by atoms with Crippen LogP contribution in [0.2, 0.25) is 0 Å². The highest BCUT2D eigenvalue weighted by Crippen LogP contribution is 2.36. The van der Waals surface area contributed by atoms with Crippen LogP contribution in [0.3, 0.4) is 0 Å². The smallest absolute Gasteiger partial charge is 0.288 e. The van der Waals surface area contributed by atoms with Gasteiger partial charge in [-0.3, -0.25) is 4.68 Å². The molecule has 0 unspecified atom stereocenters. The van der Waals surface area contributed by atoms with Gasteiger partial charge in [0.05, 0.1) is 17.8 Å². The minimum absolute atomic E-state index is 0.0330. The maximum absolute atomic E-state index is 13.7. The van der Waals surface area contributed by atoms with Gasteiger partial charge in [0, 0.05) is 32.4 Å². The molecule has 4 nitrogen and oxygen atoms in total. The summed E-state index contributed by atoms with van der Waals surface area (Å²) in [5.74, 6) is -2.94. The fourth-order valence-corrected chi connectivity index (χ4v) is 2.17. The van der Waals surface area contributed by atoms with Crippen molar-refractivity contribution in [2.24, 2.45) is 12.8 Å². The number of rotatable bonds is 3. The molecule has 1 aromatic rings. The molecule has 0 aliphatic carbocycles. The van der Waals surface area contributed by atoms with Crippen LogP contribution in [-0.2, 0) is 17.7 Å². The predicted octanol–water partition coefficient (Wildman–Crippen LogP) is 1.36. The fraction of sp³-hybridized carbons (Fsp3) is 0.727. The third kappa shape index (κ3) is 2.47. The van der Waals surface area contributed by atoms with Gasteiger partial charge in [0.15, 0.2) is 0 Å². The highest BCUT2D eigenvalue weighted by molar-refractivity contribution is 5.26. The van der Waals surface area contributed by atoms with E-state index in [0.717, 1.165) is 12.8 Å². The molecule has 0 saturated carbocycles. The van der Waals surface area contributed by atoms with Gasteiger partial charge in [0.2, 0.25) is 0 Å². The highest BCUT2D eigenvalue weighted by atomic mass is 19.3. The van der Waals surface area contributed by atoms with Gasteiger partial charge in [-0.15, -0.1) is 0 Å². The molecule has 1 aliphatic heterocycles. The zero-order valence-corrected chi connectivity index (χ0v) is 9.83. The third-order valence-corrected chi connectivity index (χ3v) is 3.12. The van der Waals surface area contributed by atoms with Gasteiger partial charge in [-0.1, -0.05) is 0 Å². The minimum Gasteiger partial charge on any atom is -0.381 e. The van der Waals surface area contributed by atoms with Crippen LogP contribution in [0.1, 0.15) is 30.0 Å². The summed E-state index contributed by atoms with van der Waals surface area (Å²) in [6.45, 7) is 0.526. The SMILES string of the molecule is Cn1cc(C(F)(F)CN)c(C2CCOCC2)n1. The van der Waals surface area contributed by atoms with Gasteiger partial charge in [0.1, 0.15) is 0 Å². The van der Waals surface area contributed by atoms with E-state index < -0.39 is 12.5 Å². The minimum atomic E-state index is -3.00. The Balaban J connectivity index is 2.32. The first-order valence-electron chi connectivity index (χ1n) is 5.74. The lowest BCUT2D eigenvalue weighted by Gasteiger charge is -2.23.